The summed E-state index contributed by atoms with van der Waals surface area (Å²) in [6.07, 6.45) is 12.1. The fourth-order valence-corrected chi connectivity index (χ4v) is 3.22. The number of carboxylic acids is 1. The molecular formula is C20H32O5. The highest BCUT2D eigenvalue weighted by atomic mass is 16.4. The maximum Gasteiger partial charge on any atom is 0.303 e. The average Bonchev–Trinajstić information content (AvgIpc) is 2.82. The first kappa shape index (κ1) is 21.6. The fourth-order valence-electron chi connectivity index (χ4n) is 3.22. The van der Waals surface area contributed by atoms with Gasteiger partial charge in [0.25, 0.3) is 0 Å². The van der Waals surface area contributed by atoms with Crippen LogP contribution in [0.2, 0.25) is 0 Å². The smallest absolute Gasteiger partial charge is 0.303 e. The van der Waals surface area contributed by atoms with Crippen molar-refractivity contribution in [2.45, 2.75) is 76.9 Å². The molecule has 0 bridgehead atoms. The number of aliphatic hydroxyl groups is 2. The first-order valence-corrected chi connectivity index (χ1v) is 9.39. The molecule has 5 heteroatoms. The number of unbranched alkanes of at least 4 members (excludes halogenated alkanes) is 3. The monoisotopic (exact) mass is 352 g/mol. The van der Waals surface area contributed by atoms with Crippen LogP contribution in [0.3, 0.4) is 0 Å². The molecule has 1 rings (SSSR count). The highest BCUT2D eigenvalue weighted by Gasteiger charge is 2.39. The Morgan fingerprint density at radius 2 is 2.04 bits per heavy atom. The molecule has 142 valence electrons. The number of carboxylic acid groups (broad SMARTS) is 1. The van der Waals surface area contributed by atoms with Gasteiger partial charge in [-0.3, -0.25) is 9.59 Å². The van der Waals surface area contributed by atoms with Crippen LogP contribution in [0.4, 0.5) is 0 Å². The first-order valence-electron chi connectivity index (χ1n) is 9.39. The first-order chi connectivity index (χ1) is 12.0. The van der Waals surface area contributed by atoms with E-state index in [0.717, 1.165) is 19.3 Å². The summed E-state index contributed by atoms with van der Waals surface area (Å²) in [7, 11) is 0. The molecule has 0 unspecified atom stereocenters. The lowest BCUT2D eigenvalue weighted by Gasteiger charge is -2.17. The van der Waals surface area contributed by atoms with Crippen LogP contribution in [0.25, 0.3) is 0 Å². The van der Waals surface area contributed by atoms with E-state index in [9.17, 15) is 19.8 Å². The molecule has 0 aliphatic heterocycles. The van der Waals surface area contributed by atoms with E-state index < -0.39 is 18.2 Å². The molecule has 4 atom stereocenters. The number of carbonyl (C=O) groups is 2. The molecule has 25 heavy (non-hydrogen) atoms. The highest BCUT2D eigenvalue weighted by molar-refractivity contribution is 5.86. The third-order valence-corrected chi connectivity index (χ3v) is 4.72. The summed E-state index contributed by atoms with van der Waals surface area (Å²) >= 11 is 0. The molecule has 5 nitrogen and oxygen atoms in total. The van der Waals surface area contributed by atoms with Crippen molar-refractivity contribution in [2.75, 3.05) is 0 Å². The second kappa shape index (κ2) is 12.0. The molecule has 0 spiro atoms. The van der Waals surface area contributed by atoms with Gasteiger partial charge in [-0.25, -0.2) is 0 Å². The third kappa shape index (κ3) is 8.45. The second-order valence-corrected chi connectivity index (χ2v) is 6.87. The summed E-state index contributed by atoms with van der Waals surface area (Å²) in [5.41, 5.74) is 0. The van der Waals surface area contributed by atoms with E-state index in [4.69, 9.17) is 5.11 Å². The van der Waals surface area contributed by atoms with Gasteiger partial charge in [0.1, 0.15) is 5.78 Å². The van der Waals surface area contributed by atoms with Gasteiger partial charge in [-0.1, -0.05) is 50.5 Å². The van der Waals surface area contributed by atoms with Crippen LogP contribution >= 0.6 is 0 Å². The topological polar surface area (TPSA) is 94.8 Å². The van der Waals surface area contributed by atoms with Crippen LogP contribution in [0.15, 0.2) is 24.3 Å². The summed E-state index contributed by atoms with van der Waals surface area (Å²) in [5, 5.41) is 28.7. The molecule has 1 aliphatic rings. The standard InChI is InChI=1S/C20H32O5/c1-2-3-6-9-15(21)12-13-17-16(18(22)14-19(17)23)10-7-4-5-8-11-20(24)25/h4,7,12-13,15-18,21-22H,2-3,5-6,8-11,14H2,1H3,(H,24,25)/t15-,16-,17-,18+/m1/s1. The highest BCUT2D eigenvalue weighted by Crippen LogP contribution is 2.33. The number of carbonyl (C=O) groups excluding carboxylic acids is 1. The Kier molecular flexibility index (Phi) is 10.3. The Labute approximate surface area is 150 Å². The third-order valence-electron chi connectivity index (χ3n) is 4.72. The number of hydrogen-bond acceptors (Lipinski definition) is 4. The van der Waals surface area contributed by atoms with Crippen molar-refractivity contribution < 1.29 is 24.9 Å². The van der Waals surface area contributed by atoms with E-state index in [1.165, 1.54) is 0 Å². The molecule has 0 saturated heterocycles. The minimum Gasteiger partial charge on any atom is -0.481 e. The predicted octanol–water partition coefficient (Wildman–Crippen LogP) is 3.25. The van der Waals surface area contributed by atoms with Gasteiger partial charge in [-0.15, -0.1) is 0 Å². The van der Waals surface area contributed by atoms with Crippen LogP contribution in [0.1, 0.15) is 64.7 Å². The molecule has 1 aliphatic carbocycles. The Morgan fingerprint density at radius 3 is 2.72 bits per heavy atom. The lowest BCUT2D eigenvalue weighted by atomic mass is 9.90. The lowest BCUT2D eigenvalue weighted by Crippen LogP contribution is -2.19. The van der Waals surface area contributed by atoms with E-state index >= 15 is 0 Å². The maximum absolute atomic E-state index is 12.1. The zero-order valence-corrected chi connectivity index (χ0v) is 15.1. The molecule has 0 aromatic carbocycles. The number of allylic oxidation sites excluding steroid dienone is 3. The number of Topliss-reactive ketones (excluding diaryl/α,β-unsaturated/α-hetero) is 1. The molecule has 0 aromatic rings. The van der Waals surface area contributed by atoms with Crippen molar-refractivity contribution in [3.05, 3.63) is 24.3 Å². The summed E-state index contributed by atoms with van der Waals surface area (Å²) in [4.78, 5) is 22.5. The van der Waals surface area contributed by atoms with Crippen molar-refractivity contribution >= 4 is 11.8 Å². The molecule has 0 radical (unpaired) electrons. The van der Waals surface area contributed by atoms with Crippen LogP contribution in [0, 0.1) is 11.8 Å². The summed E-state index contributed by atoms with van der Waals surface area (Å²) in [6, 6.07) is 0. The van der Waals surface area contributed by atoms with Gasteiger partial charge in [0, 0.05) is 24.7 Å². The molecule has 1 saturated carbocycles. The SMILES string of the molecule is CCCCC[C@@H](O)C=C[C@H]1C(=O)C[C@H](O)[C@@H]1CC=CCCCC(=O)O. The van der Waals surface area contributed by atoms with Crippen LogP contribution in [0.5, 0.6) is 0 Å². The molecule has 0 amide bonds. The van der Waals surface area contributed by atoms with Gasteiger partial charge in [-0.05, 0) is 25.7 Å². The van der Waals surface area contributed by atoms with E-state index in [2.05, 4.69) is 6.92 Å². The fraction of sp³-hybridized carbons (Fsp3) is 0.700. The number of hydrogen-bond donors (Lipinski definition) is 3. The van der Waals surface area contributed by atoms with Gasteiger partial charge < -0.3 is 15.3 Å². The van der Waals surface area contributed by atoms with E-state index in [1.807, 2.05) is 12.2 Å². The van der Waals surface area contributed by atoms with E-state index in [1.54, 1.807) is 12.2 Å². The maximum atomic E-state index is 12.1. The van der Waals surface area contributed by atoms with Gasteiger partial charge in [0.05, 0.1) is 12.2 Å². The Morgan fingerprint density at radius 1 is 1.28 bits per heavy atom. The number of aliphatic hydroxyl groups excluding tert-OH is 2. The Bertz CT molecular complexity index is 469. The van der Waals surface area contributed by atoms with Gasteiger partial charge in [-0.2, -0.15) is 0 Å². The lowest BCUT2D eigenvalue weighted by molar-refractivity contribution is -0.137. The quantitative estimate of drug-likeness (QED) is 0.370. The Hall–Kier alpha value is -1.46. The Balaban J connectivity index is 2.48. The predicted molar refractivity (Wildman–Crippen MR) is 97.1 cm³/mol. The minimum atomic E-state index is -0.798. The average molecular weight is 352 g/mol. The van der Waals surface area contributed by atoms with Crippen LogP contribution in [-0.4, -0.2) is 39.3 Å². The van der Waals surface area contributed by atoms with Crippen molar-refractivity contribution in [1.29, 1.82) is 0 Å². The van der Waals surface area contributed by atoms with Crippen LogP contribution < -0.4 is 0 Å². The molecule has 3 N–H and O–H groups in total. The van der Waals surface area contributed by atoms with Gasteiger partial charge in [0.2, 0.25) is 0 Å². The summed E-state index contributed by atoms with van der Waals surface area (Å²) < 4.78 is 0. The minimum absolute atomic E-state index is 0.0220. The molecule has 0 heterocycles. The zero-order valence-electron chi connectivity index (χ0n) is 15.1. The van der Waals surface area contributed by atoms with Crippen molar-refractivity contribution in [3.8, 4) is 0 Å². The molecule has 1 fully saturated rings. The zero-order chi connectivity index (χ0) is 18.7. The van der Waals surface area contributed by atoms with Crippen molar-refractivity contribution in [2.24, 2.45) is 11.8 Å². The van der Waals surface area contributed by atoms with Crippen molar-refractivity contribution in [3.63, 3.8) is 0 Å². The molecular weight excluding hydrogens is 320 g/mol. The van der Waals surface area contributed by atoms with E-state index in [-0.39, 0.29) is 30.5 Å². The normalized spacial score (nSPS) is 25.2. The number of rotatable bonds is 12. The van der Waals surface area contributed by atoms with Gasteiger partial charge >= 0.3 is 5.97 Å². The van der Waals surface area contributed by atoms with E-state index in [0.29, 0.717) is 25.7 Å². The largest absolute Gasteiger partial charge is 0.481 e. The van der Waals surface area contributed by atoms with Gasteiger partial charge in [0.15, 0.2) is 0 Å². The number of ketones is 1. The molecule has 0 aromatic heterocycles. The summed E-state index contributed by atoms with van der Waals surface area (Å²) in [6.45, 7) is 2.11. The van der Waals surface area contributed by atoms with Crippen molar-refractivity contribution in [1.82, 2.24) is 0 Å². The number of aliphatic carboxylic acids is 1. The summed E-state index contributed by atoms with van der Waals surface area (Å²) in [5.74, 6) is -1.29. The van der Waals surface area contributed by atoms with Crippen LogP contribution in [-0.2, 0) is 9.59 Å². The second-order valence-electron chi connectivity index (χ2n) is 6.87.